The molecule has 0 aliphatic carbocycles. The van der Waals surface area contributed by atoms with Gasteiger partial charge in [-0.15, -0.1) is 0 Å². The van der Waals surface area contributed by atoms with Gasteiger partial charge < -0.3 is 4.74 Å². The van der Waals surface area contributed by atoms with Gasteiger partial charge in [0.05, 0.1) is 0 Å². The minimum atomic E-state index is 0.618. The summed E-state index contributed by atoms with van der Waals surface area (Å²) in [4.78, 5) is 0. The summed E-state index contributed by atoms with van der Waals surface area (Å²) >= 11 is 0. The minimum Gasteiger partial charge on any atom is -0.489 e. The first-order chi connectivity index (χ1) is 15.0. The van der Waals surface area contributed by atoms with Crippen LogP contribution in [0.2, 0.25) is 0 Å². The van der Waals surface area contributed by atoms with Crippen molar-refractivity contribution in [2.45, 2.75) is 66.9 Å². The fraction of sp³-hybridized carbons (Fsp3) is 0.400. The van der Waals surface area contributed by atoms with E-state index < -0.39 is 0 Å². The smallest absolute Gasteiger partial charge is 0.122 e. The Kier molecular flexibility index (Phi) is 8.35. The van der Waals surface area contributed by atoms with Crippen molar-refractivity contribution in [3.8, 4) is 5.75 Å². The summed E-state index contributed by atoms with van der Waals surface area (Å²) in [6.45, 7) is 11.9. The molecule has 1 heteroatoms. The summed E-state index contributed by atoms with van der Waals surface area (Å²) < 4.78 is 6.08. The summed E-state index contributed by atoms with van der Waals surface area (Å²) in [7, 11) is 0. The van der Waals surface area contributed by atoms with Gasteiger partial charge in [-0.25, -0.2) is 0 Å². The average Bonchev–Trinajstić information content (AvgIpc) is 2.78. The first kappa shape index (κ1) is 23.1. The Labute approximate surface area is 189 Å². The van der Waals surface area contributed by atoms with Crippen molar-refractivity contribution in [3.63, 3.8) is 0 Å². The summed E-state index contributed by atoms with van der Waals surface area (Å²) in [5.41, 5.74) is 8.12. The number of ether oxygens (including phenoxy) is 1. The van der Waals surface area contributed by atoms with Crippen LogP contribution in [-0.4, -0.2) is 0 Å². The molecule has 0 amide bonds. The van der Waals surface area contributed by atoms with Crippen molar-refractivity contribution >= 4 is 0 Å². The van der Waals surface area contributed by atoms with Crippen LogP contribution in [0, 0.1) is 32.6 Å². The first-order valence-electron chi connectivity index (χ1n) is 11.8. The Morgan fingerprint density at radius 1 is 0.613 bits per heavy atom. The molecule has 0 radical (unpaired) electrons. The van der Waals surface area contributed by atoms with E-state index in [0.29, 0.717) is 18.4 Å². The van der Waals surface area contributed by atoms with E-state index in [-0.39, 0.29) is 0 Å². The molecule has 3 aromatic carbocycles. The van der Waals surface area contributed by atoms with Gasteiger partial charge in [0.1, 0.15) is 12.4 Å². The molecule has 0 N–H and O–H groups in total. The monoisotopic (exact) mass is 414 g/mol. The Bertz CT molecular complexity index is 957. The maximum Gasteiger partial charge on any atom is 0.122 e. The molecule has 0 aliphatic rings. The Morgan fingerprint density at radius 2 is 1.19 bits per heavy atom. The zero-order valence-electron chi connectivity index (χ0n) is 19.9. The highest BCUT2D eigenvalue weighted by molar-refractivity contribution is 5.37. The lowest BCUT2D eigenvalue weighted by Gasteiger charge is -2.26. The van der Waals surface area contributed by atoms with Crippen molar-refractivity contribution in [1.82, 2.24) is 0 Å². The van der Waals surface area contributed by atoms with Crippen LogP contribution in [0.3, 0.4) is 0 Å². The van der Waals surface area contributed by atoms with E-state index in [4.69, 9.17) is 4.74 Å². The van der Waals surface area contributed by atoms with Crippen LogP contribution in [0.15, 0.2) is 66.7 Å². The summed E-state index contributed by atoms with van der Waals surface area (Å²) in [5, 5.41) is 0. The summed E-state index contributed by atoms with van der Waals surface area (Å²) in [5.74, 6) is 2.39. The van der Waals surface area contributed by atoms with Gasteiger partial charge in [-0.2, -0.15) is 0 Å². The van der Waals surface area contributed by atoms with Crippen molar-refractivity contribution in [2.24, 2.45) is 11.8 Å². The molecule has 0 aromatic heterocycles. The third-order valence-electron chi connectivity index (χ3n) is 6.76. The van der Waals surface area contributed by atoms with Gasteiger partial charge in [0.25, 0.3) is 0 Å². The Morgan fingerprint density at radius 3 is 1.74 bits per heavy atom. The van der Waals surface area contributed by atoms with Crippen LogP contribution in [0.5, 0.6) is 5.75 Å². The number of benzene rings is 3. The SMILES string of the molecule is CC[C@H](Cc1ccc(C)c(C)c1)[C@H](CC)Cc1ccc(OCc2ccccc2)c(C)c1. The minimum absolute atomic E-state index is 0.618. The molecule has 0 saturated heterocycles. The van der Waals surface area contributed by atoms with Crippen molar-refractivity contribution in [3.05, 3.63) is 100 Å². The van der Waals surface area contributed by atoms with Gasteiger partial charge >= 0.3 is 0 Å². The fourth-order valence-electron chi connectivity index (χ4n) is 4.56. The van der Waals surface area contributed by atoms with Crippen LogP contribution in [0.1, 0.15) is 60.1 Å². The second-order valence-electron chi connectivity index (χ2n) is 9.04. The molecule has 0 fully saturated rings. The predicted octanol–water partition coefficient (Wildman–Crippen LogP) is 8.03. The fourth-order valence-corrected chi connectivity index (χ4v) is 4.56. The lowest BCUT2D eigenvalue weighted by Crippen LogP contribution is -2.19. The summed E-state index contributed by atoms with van der Waals surface area (Å²) in [6.07, 6.45) is 4.75. The van der Waals surface area contributed by atoms with Gasteiger partial charge in [-0.3, -0.25) is 0 Å². The van der Waals surface area contributed by atoms with E-state index in [1.165, 1.54) is 52.6 Å². The predicted molar refractivity (Wildman–Crippen MR) is 133 cm³/mol. The quantitative estimate of drug-likeness (QED) is 0.326. The molecular weight excluding hydrogens is 376 g/mol. The molecule has 1 nitrogen and oxygen atoms in total. The maximum absolute atomic E-state index is 6.08. The van der Waals surface area contributed by atoms with Crippen LogP contribution >= 0.6 is 0 Å². The second-order valence-corrected chi connectivity index (χ2v) is 9.04. The topological polar surface area (TPSA) is 9.23 Å². The average molecular weight is 415 g/mol. The third kappa shape index (κ3) is 6.47. The Hall–Kier alpha value is -2.54. The largest absolute Gasteiger partial charge is 0.489 e. The number of hydrogen-bond donors (Lipinski definition) is 0. The van der Waals surface area contributed by atoms with Crippen molar-refractivity contribution in [1.29, 1.82) is 0 Å². The highest BCUT2D eigenvalue weighted by atomic mass is 16.5. The lowest BCUT2D eigenvalue weighted by molar-refractivity contribution is 0.302. The van der Waals surface area contributed by atoms with Crippen LogP contribution in [0.4, 0.5) is 0 Å². The third-order valence-corrected chi connectivity index (χ3v) is 6.76. The van der Waals surface area contributed by atoms with Gasteiger partial charge in [-0.1, -0.05) is 87.4 Å². The molecule has 3 rings (SSSR count). The van der Waals surface area contributed by atoms with E-state index in [9.17, 15) is 0 Å². The standard InChI is InChI=1S/C30H38O/c1-6-28(19-26-14-13-22(3)23(4)17-26)29(7-2)20-27-15-16-30(24(5)18-27)31-21-25-11-9-8-10-12-25/h8-18,28-29H,6-7,19-21H2,1-5H3/t28-,29-/m1/s1. The number of hydrogen-bond acceptors (Lipinski definition) is 1. The van der Waals surface area contributed by atoms with Gasteiger partial charge in [-0.05, 0) is 84.9 Å². The highest BCUT2D eigenvalue weighted by Gasteiger charge is 2.20. The normalized spacial score (nSPS) is 13.1. The van der Waals surface area contributed by atoms with E-state index in [2.05, 4.69) is 95.3 Å². The van der Waals surface area contributed by atoms with E-state index in [1.807, 2.05) is 6.07 Å². The van der Waals surface area contributed by atoms with Crippen LogP contribution in [0.25, 0.3) is 0 Å². The molecule has 3 aromatic rings. The summed E-state index contributed by atoms with van der Waals surface area (Å²) in [6, 6.07) is 24.1. The molecule has 0 bridgehead atoms. The van der Waals surface area contributed by atoms with Gasteiger partial charge in [0.2, 0.25) is 0 Å². The van der Waals surface area contributed by atoms with Gasteiger partial charge in [0.15, 0.2) is 0 Å². The molecule has 0 heterocycles. The molecule has 2 atom stereocenters. The lowest BCUT2D eigenvalue weighted by atomic mass is 9.79. The molecule has 0 spiro atoms. The van der Waals surface area contributed by atoms with Gasteiger partial charge in [0, 0.05) is 0 Å². The number of aryl methyl sites for hydroxylation is 3. The molecule has 0 aliphatic heterocycles. The molecular formula is C30H38O. The van der Waals surface area contributed by atoms with Crippen LogP contribution in [-0.2, 0) is 19.4 Å². The zero-order valence-corrected chi connectivity index (χ0v) is 19.9. The maximum atomic E-state index is 6.08. The Balaban J connectivity index is 1.65. The highest BCUT2D eigenvalue weighted by Crippen LogP contribution is 2.29. The second kappa shape index (κ2) is 11.2. The first-order valence-corrected chi connectivity index (χ1v) is 11.8. The van der Waals surface area contributed by atoms with E-state index in [0.717, 1.165) is 12.2 Å². The molecule has 164 valence electrons. The van der Waals surface area contributed by atoms with Crippen molar-refractivity contribution in [2.75, 3.05) is 0 Å². The molecule has 0 saturated carbocycles. The zero-order chi connectivity index (χ0) is 22.2. The van der Waals surface area contributed by atoms with Crippen molar-refractivity contribution < 1.29 is 4.74 Å². The van der Waals surface area contributed by atoms with E-state index >= 15 is 0 Å². The molecule has 31 heavy (non-hydrogen) atoms. The molecule has 0 unspecified atom stereocenters. The van der Waals surface area contributed by atoms with Crippen LogP contribution < -0.4 is 4.74 Å². The van der Waals surface area contributed by atoms with E-state index in [1.54, 1.807) is 0 Å². The number of rotatable bonds is 10.